The third-order valence-corrected chi connectivity index (χ3v) is 4.28. The van der Waals surface area contributed by atoms with Crippen molar-refractivity contribution in [2.75, 3.05) is 0 Å². The van der Waals surface area contributed by atoms with E-state index < -0.39 is 17.6 Å². The van der Waals surface area contributed by atoms with E-state index >= 15 is 0 Å². The Morgan fingerprint density at radius 3 is 2.57 bits per heavy atom. The number of amides is 1. The molecule has 0 spiro atoms. The second kappa shape index (κ2) is 5.54. The van der Waals surface area contributed by atoms with Gasteiger partial charge in [0.2, 0.25) is 5.91 Å². The molecule has 0 saturated heterocycles. The number of allylic oxidation sites excluding steroid dienone is 1. The Kier molecular flexibility index (Phi) is 4.12. The number of nitrogens with one attached hydrogen (secondary N) is 1. The first-order valence-electron chi connectivity index (χ1n) is 6.83. The Hall–Kier alpha value is -1.78. The summed E-state index contributed by atoms with van der Waals surface area (Å²) in [5.74, 6) is -1.24. The van der Waals surface area contributed by atoms with E-state index in [0.29, 0.717) is 19.3 Å². The van der Waals surface area contributed by atoms with Crippen LogP contribution in [0.5, 0.6) is 0 Å². The van der Waals surface area contributed by atoms with Gasteiger partial charge in [0.1, 0.15) is 0 Å². The lowest BCUT2D eigenvalue weighted by Gasteiger charge is -2.31. The Balaban J connectivity index is 2.21. The molecule has 114 valence electrons. The predicted molar refractivity (Wildman–Crippen MR) is 74.3 cm³/mol. The lowest BCUT2D eigenvalue weighted by atomic mass is 9.75. The normalized spacial score (nSPS) is 25.9. The summed E-state index contributed by atoms with van der Waals surface area (Å²) >= 11 is 0. The molecule has 5 heteroatoms. The molecule has 1 N–H and O–H groups in total. The van der Waals surface area contributed by atoms with E-state index in [1.807, 2.05) is 30.3 Å². The molecule has 0 bridgehead atoms. The van der Waals surface area contributed by atoms with Crippen molar-refractivity contribution in [3.05, 3.63) is 48.0 Å². The summed E-state index contributed by atoms with van der Waals surface area (Å²) in [5, 5.41) is 1.16. The molecule has 2 nitrogen and oxygen atoms in total. The van der Waals surface area contributed by atoms with Gasteiger partial charge in [-0.25, -0.2) is 0 Å². The number of hydrogen-bond acceptors (Lipinski definition) is 1. The number of benzene rings is 1. The van der Waals surface area contributed by atoms with E-state index in [2.05, 4.69) is 6.58 Å². The molecular formula is C16H18F3NO. The average Bonchev–Trinajstić information content (AvgIpc) is 2.68. The van der Waals surface area contributed by atoms with Crippen molar-refractivity contribution >= 4 is 5.91 Å². The smallest absolute Gasteiger partial charge is 0.274 e. The van der Waals surface area contributed by atoms with Gasteiger partial charge < -0.3 is 0 Å². The highest BCUT2D eigenvalue weighted by Gasteiger charge is 2.49. The van der Waals surface area contributed by atoms with Crippen LogP contribution >= 0.6 is 0 Å². The van der Waals surface area contributed by atoms with Crippen LogP contribution in [0.2, 0.25) is 0 Å². The first-order valence-corrected chi connectivity index (χ1v) is 6.83. The van der Waals surface area contributed by atoms with Gasteiger partial charge in [0.25, 0.3) is 0 Å². The van der Waals surface area contributed by atoms with E-state index in [-0.39, 0.29) is 5.92 Å². The molecule has 1 aromatic carbocycles. The molecule has 0 radical (unpaired) electrons. The monoisotopic (exact) mass is 297 g/mol. The van der Waals surface area contributed by atoms with E-state index in [9.17, 15) is 18.0 Å². The fraction of sp³-hybridized carbons (Fsp3) is 0.438. The molecule has 1 saturated carbocycles. The maximum absolute atomic E-state index is 12.4. The van der Waals surface area contributed by atoms with Crippen molar-refractivity contribution < 1.29 is 18.0 Å². The van der Waals surface area contributed by atoms with Gasteiger partial charge in [-0.3, -0.25) is 10.1 Å². The van der Waals surface area contributed by atoms with Crippen LogP contribution in [0.25, 0.3) is 0 Å². The largest absolute Gasteiger partial charge is 0.484 e. The zero-order valence-corrected chi connectivity index (χ0v) is 11.8. The SMILES string of the molecule is C=C1CCC(C)(C(=O)NC(F)(F)F)C1Cc1ccccc1. The Morgan fingerprint density at radius 2 is 2.00 bits per heavy atom. The van der Waals surface area contributed by atoms with Gasteiger partial charge in [0.15, 0.2) is 0 Å². The highest BCUT2D eigenvalue weighted by atomic mass is 19.4. The molecule has 1 aromatic rings. The van der Waals surface area contributed by atoms with Crippen molar-refractivity contribution in [3.63, 3.8) is 0 Å². The molecule has 2 rings (SSSR count). The van der Waals surface area contributed by atoms with E-state index in [1.165, 1.54) is 0 Å². The third-order valence-electron chi connectivity index (χ3n) is 4.28. The van der Waals surface area contributed by atoms with Crippen LogP contribution in [0.15, 0.2) is 42.5 Å². The van der Waals surface area contributed by atoms with Gasteiger partial charge in [0.05, 0.1) is 5.41 Å². The highest BCUT2D eigenvalue weighted by molar-refractivity contribution is 5.84. The summed E-state index contributed by atoms with van der Waals surface area (Å²) in [7, 11) is 0. The summed E-state index contributed by atoms with van der Waals surface area (Å²) in [6.07, 6.45) is -3.19. The lowest BCUT2D eigenvalue weighted by molar-refractivity contribution is -0.176. The zero-order chi connectivity index (χ0) is 15.7. The van der Waals surface area contributed by atoms with E-state index in [1.54, 1.807) is 6.92 Å². The molecule has 2 atom stereocenters. The highest BCUT2D eigenvalue weighted by Crippen LogP contribution is 2.48. The molecule has 1 fully saturated rings. The van der Waals surface area contributed by atoms with E-state index in [4.69, 9.17) is 0 Å². The molecule has 0 aliphatic heterocycles. The van der Waals surface area contributed by atoms with Crippen molar-refractivity contribution in [1.82, 2.24) is 5.32 Å². The summed E-state index contributed by atoms with van der Waals surface area (Å²) in [5.41, 5.74) is 0.776. The predicted octanol–water partition coefficient (Wildman–Crippen LogP) is 3.84. The third kappa shape index (κ3) is 3.46. The standard InChI is InChI=1S/C16H18F3NO/c1-11-8-9-15(2,14(21)20-16(17,18)19)13(11)10-12-6-4-3-5-7-12/h3-7,13H,1,8-10H2,2H3,(H,20,21). The minimum absolute atomic E-state index is 0.276. The number of alkyl halides is 3. The Bertz CT molecular complexity index is 538. The van der Waals surface area contributed by atoms with Gasteiger partial charge in [-0.1, -0.05) is 49.4 Å². The van der Waals surface area contributed by atoms with Crippen molar-refractivity contribution in [3.8, 4) is 0 Å². The van der Waals surface area contributed by atoms with Crippen LogP contribution in [0, 0.1) is 11.3 Å². The minimum atomic E-state index is -4.69. The molecule has 1 aliphatic rings. The number of hydrogen-bond donors (Lipinski definition) is 1. The molecular weight excluding hydrogens is 279 g/mol. The van der Waals surface area contributed by atoms with Gasteiger partial charge in [-0.15, -0.1) is 0 Å². The van der Waals surface area contributed by atoms with Crippen LogP contribution in [-0.2, 0) is 11.2 Å². The quantitative estimate of drug-likeness (QED) is 0.666. The molecule has 2 unspecified atom stereocenters. The molecule has 0 heterocycles. The first-order chi connectivity index (χ1) is 9.72. The Morgan fingerprint density at radius 1 is 1.38 bits per heavy atom. The second-order valence-electron chi connectivity index (χ2n) is 5.77. The van der Waals surface area contributed by atoms with Crippen LogP contribution in [0.3, 0.4) is 0 Å². The second-order valence-corrected chi connectivity index (χ2v) is 5.77. The van der Waals surface area contributed by atoms with Crippen LogP contribution in [0.4, 0.5) is 13.2 Å². The number of halogens is 3. The van der Waals surface area contributed by atoms with Crippen LogP contribution < -0.4 is 5.32 Å². The maximum atomic E-state index is 12.4. The zero-order valence-electron chi connectivity index (χ0n) is 11.8. The summed E-state index contributed by atoms with van der Waals surface area (Å²) < 4.78 is 37.3. The maximum Gasteiger partial charge on any atom is 0.484 e. The van der Waals surface area contributed by atoms with Crippen LogP contribution in [0.1, 0.15) is 25.3 Å². The van der Waals surface area contributed by atoms with Gasteiger partial charge >= 0.3 is 6.30 Å². The number of carbonyl (C=O) groups excluding carboxylic acids is 1. The van der Waals surface area contributed by atoms with Crippen LogP contribution in [-0.4, -0.2) is 12.2 Å². The van der Waals surface area contributed by atoms with E-state index in [0.717, 1.165) is 16.5 Å². The topological polar surface area (TPSA) is 29.1 Å². The number of rotatable bonds is 3. The van der Waals surface area contributed by atoms with Crippen molar-refractivity contribution in [1.29, 1.82) is 0 Å². The first kappa shape index (κ1) is 15.6. The molecule has 1 aliphatic carbocycles. The Labute approximate surface area is 122 Å². The van der Waals surface area contributed by atoms with Crippen molar-refractivity contribution in [2.45, 2.75) is 32.5 Å². The molecule has 0 aromatic heterocycles. The fourth-order valence-electron chi connectivity index (χ4n) is 2.98. The average molecular weight is 297 g/mol. The molecule has 21 heavy (non-hydrogen) atoms. The van der Waals surface area contributed by atoms with Gasteiger partial charge in [0, 0.05) is 0 Å². The summed E-state index contributed by atoms with van der Waals surface area (Å²) in [6.45, 7) is 5.54. The molecule has 1 amide bonds. The van der Waals surface area contributed by atoms with Gasteiger partial charge in [-0.05, 0) is 30.7 Å². The van der Waals surface area contributed by atoms with Gasteiger partial charge in [-0.2, -0.15) is 13.2 Å². The lowest BCUT2D eigenvalue weighted by Crippen LogP contribution is -2.48. The van der Waals surface area contributed by atoms with Crippen molar-refractivity contribution in [2.24, 2.45) is 11.3 Å². The summed E-state index contributed by atoms with van der Waals surface area (Å²) in [6, 6.07) is 9.45. The fourth-order valence-corrected chi connectivity index (χ4v) is 2.98. The minimum Gasteiger partial charge on any atom is -0.274 e. The number of carbonyl (C=O) groups is 1. The summed E-state index contributed by atoms with van der Waals surface area (Å²) in [4.78, 5) is 12.1.